The van der Waals surface area contributed by atoms with E-state index in [2.05, 4.69) is 40.6 Å². The molecule has 3 aromatic carbocycles. The van der Waals surface area contributed by atoms with E-state index in [1.807, 2.05) is 52.0 Å². The first-order valence-corrected chi connectivity index (χ1v) is 10.7. The van der Waals surface area contributed by atoms with Gasteiger partial charge in [-0.25, -0.2) is 4.68 Å². The Morgan fingerprint density at radius 1 is 0.969 bits per heavy atom. The van der Waals surface area contributed by atoms with Crippen molar-refractivity contribution in [1.29, 1.82) is 0 Å². The van der Waals surface area contributed by atoms with E-state index in [4.69, 9.17) is 4.74 Å². The van der Waals surface area contributed by atoms with E-state index in [0.717, 1.165) is 40.2 Å². The number of carbonyl (C=O) groups is 1. The standard InChI is InChI=1S/C26H24N4O2/c1-32-24-11-8-20(9-12-24)21-10-13-25-22(15-21)17-29(18-23-16-27-28-30(23)25)26(31)14-7-19-5-3-2-4-6-19/h2-6,8-13,15-16H,7,14,17-18H2,1H3. The van der Waals surface area contributed by atoms with E-state index < -0.39 is 0 Å². The lowest BCUT2D eigenvalue weighted by Crippen LogP contribution is -2.29. The number of amides is 1. The SMILES string of the molecule is COc1ccc(-c2ccc3c(c2)CN(C(=O)CCc2ccccc2)Cc2cnnn2-3)cc1. The molecule has 1 amide bonds. The number of hydrogen-bond donors (Lipinski definition) is 0. The van der Waals surface area contributed by atoms with E-state index in [9.17, 15) is 4.79 Å². The van der Waals surface area contributed by atoms with E-state index in [0.29, 0.717) is 19.5 Å². The molecule has 1 aliphatic rings. The number of aromatic nitrogens is 3. The summed E-state index contributed by atoms with van der Waals surface area (Å²) in [7, 11) is 1.66. The summed E-state index contributed by atoms with van der Waals surface area (Å²) < 4.78 is 7.12. The van der Waals surface area contributed by atoms with Crippen molar-refractivity contribution in [2.24, 2.45) is 0 Å². The number of fused-ring (bicyclic) bond motifs is 3. The van der Waals surface area contributed by atoms with Crippen LogP contribution in [0.1, 0.15) is 23.2 Å². The van der Waals surface area contributed by atoms with Crippen LogP contribution in [-0.4, -0.2) is 32.9 Å². The summed E-state index contributed by atoms with van der Waals surface area (Å²) in [6, 6.07) is 24.4. The minimum atomic E-state index is 0.129. The molecule has 0 unspecified atom stereocenters. The highest BCUT2D eigenvalue weighted by atomic mass is 16.5. The third kappa shape index (κ3) is 3.99. The van der Waals surface area contributed by atoms with Gasteiger partial charge in [-0.05, 0) is 52.9 Å². The van der Waals surface area contributed by atoms with Crippen LogP contribution < -0.4 is 4.74 Å². The van der Waals surface area contributed by atoms with Gasteiger partial charge in [-0.15, -0.1) is 5.10 Å². The van der Waals surface area contributed by atoms with Gasteiger partial charge in [-0.1, -0.05) is 53.7 Å². The van der Waals surface area contributed by atoms with Gasteiger partial charge in [0.25, 0.3) is 0 Å². The van der Waals surface area contributed by atoms with Gasteiger partial charge in [0.05, 0.1) is 31.2 Å². The smallest absolute Gasteiger partial charge is 0.223 e. The van der Waals surface area contributed by atoms with Gasteiger partial charge in [-0.3, -0.25) is 4.79 Å². The molecule has 0 bridgehead atoms. The first-order valence-electron chi connectivity index (χ1n) is 10.7. The molecular formula is C26H24N4O2. The van der Waals surface area contributed by atoms with Crippen LogP contribution >= 0.6 is 0 Å². The molecular weight excluding hydrogens is 400 g/mol. The van der Waals surface area contributed by atoms with Crippen LogP contribution in [0.5, 0.6) is 5.75 Å². The van der Waals surface area contributed by atoms with Gasteiger partial charge in [-0.2, -0.15) is 0 Å². The van der Waals surface area contributed by atoms with Gasteiger partial charge in [0.15, 0.2) is 0 Å². The zero-order valence-electron chi connectivity index (χ0n) is 17.9. The van der Waals surface area contributed by atoms with Gasteiger partial charge in [0.2, 0.25) is 5.91 Å². The van der Waals surface area contributed by atoms with Crippen molar-refractivity contribution >= 4 is 5.91 Å². The zero-order chi connectivity index (χ0) is 21.9. The minimum Gasteiger partial charge on any atom is -0.497 e. The largest absolute Gasteiger partial charge is 0.497 e. The summed E-state index contributed by atoms with van der Waals surface area (Å²) in [4.78, 5) is 15.1. The predicted molar refractivity (Wildman–Crippen MR) is 122 cm³/mol. The maximum absolute atomic E-state index is 13.2. The number of nitrogens with zero attached hydrogens (tertiary/aromatic N) is 4. The summed E-state index contributed by atoms with van der Waals surface area (Å²) in [5.74, 6) is 0.954. The minimum absolute atomic E-state index is 0.129. The van der Waals surface area contributed by atoms with Crippen LogP contribution in [0.15, 0.2) is 79.0 Å². The third-order valence-electron chi connectivity index (χ3n) is 5.89. The van der Waals surface area contributed by atoms with Crippen molar-refractivity contribution in [2.45, 2.75) is 25.9 Å². The number of rotatable bonds is 5. The maximum atomic E-state index is 13.2. The van der Waals surface area contributed by atoms with Crippen LogP contribution in [-0.2, 0) is 24.3 Å². The number of methoxy groups -OCH3 is 1. The molecule has 0 atom stereocenters. The highest BCUT2D eigenvalue weighted by Crippen LogP contribution is 2.30. The molecule has 32 heavy (non-hydrogen) atoms. The van der Waals surface area contributed by atoms with Crippen LogP contribution in [0.3, 0.4) is 0 Å². The van der Waals surface area contributed by atoms with Crippen LogP contribution in [0, 0.1) is 0 Å². The normalized spacial score (nSPS) is 12.6. The third-order valence-corrected chi connectivity index (χ3v) is 5.89. The molecule has 0 radical (unpaired) electrons. The van der Waals surface area contributed by atoms with Crippen molar-refractivity contribution in [3.63, 3.8) is 0 Å². The lowest BCUT2D eigenvalue weighted by molar-refractivity contribution is -0.132. The Labute approximate surface area is 187 Å². The van der Waals surface area contributed by atoms with Gasteiger partial charge in [0.1, 0.15) is 5.75 Å². The van der Waals surface area contributed by atoms with Crippen LogP contribution in [0.25, 0.3) is 16.8 Å². The molecule has 0 saturated heterocycles. The van der Waals surface area contributed by atoms with E-state index in [-0.39, 0.29) is 5.91 Å². The highest BCUT2D eigenvalue weighted by Gasteiger charge is 2.24. The Morgan fingerprint density at radius 3 is 2.53 bits per heavy atom. The molecule has 1 aromatic heterocycles. The molecule has 0 N–H and O–H groups in total. The van der Waals surface area contributed by atoms with Crippen molar-refractivity contribution in [3.8, 4) is 22.6 Å². The second-order valence-electron chi connectivity index (χ2n) is 7.94. The Hall–Kier alpha value is -3.93. The van der Waals surface area contributed by atoms with Crippen molar-refractivity contribution in [1.82, 2.24) is 19.9 Å². The van der Waals surface area contributed by atoms with Crippen molar-refractivity contribution in [2.75, 3.05) is 7.11 Å². The summed E-state index contributed by atoms with van der Waals surface area (Å²) >= 11 is 0. The Kier molecular flexibility index (Phi) is 5.42. The van der Waals surface area contributed by atoms with E-state index in [1.54, 1.807) is 13.3 Å². The molecule has 6 heteroatoms. The maximum Gasteiger partial charge on any atom is 0.223 e. The van der Waals surface area contributed by atoms with Crippen LogP contribution in [0.2, 0.25) is 0 Å². The molecule has 0 aliphatic carbocycles. The molecule has 6 nitrogen and oxygen atoms in total. The van der Waals surface area contributed by atoms with E-state index >= 15 is 0 Å². The average molecular weight is 425 g/mol. The topological polar surface area (TPSA) is 60.2 Å². The monoisotopic (exact) mass is 424 g/mol. The van der Waals surface area contributed by atoms with Gasteiger partial charge in [0, 0.05) is 13.0 Å². The summed E-state index contributed by atoms with van der Waals surface area (Å²) in [6.45, 7) is 1.03. The number of benzene rings is 3. The lowest BCUT2D eigenvalue weighted by atomic mass is 10.0. The van der Waals surface area contributed by atoms with Crippen molar-refractivity contribution in [3.05, 3.63) is 95.8 Å². The highest BCUT2D eigenvalue weighted by molar-refractivity contribution is 5.77. The summed E-state index contributed by atoms with van der Waals surface area (Å²) in [5, 5.41) is 8.38. The molecule has 1 aliphatic heterocycles. The number of hydrogen-bond acceptors (Lipinski definition) is 4. The molecule has 160 valence electrons. The number of ether oxygens (including phenoxy) is 1. The molecule has 5 rings (SSSR count). The number of aryl methyl sites for hydroxylation is 1. The Morgan fingerprint density at radius 2 is 1.75 bits per heavy atom. The Balaban J connectivity index is 1.44. The molecule has 0 fully saturated rings. The number of carbonyl (C=O) groups excluding carboxylic acids is 1. The fraction of sp³-hybridized carbons (Fsp3) is 0.192. The molecule has 0 saturated carbocycles. The Bertz CT molecular complexity index is 1230. The summed E-state index contributed by atoms with van der Waals surface area (Å²) in [5.41, 5.74) is 6.28. The second kappa shape index (κ2) is 8.67. The fourth-order valence-electron chi connectivity index (χ4n) is 4.14. The van der Waals surface area contributed by atoms with Gasteiger partial charge < -0.3 is 9.64 Å². The molecule has 0 spiro atoms. The quantitative estimate of drug-likeness (QED) is 0.476. The van der Waals surface area contributed by atoms with Crippen LogP contribution in [0.4, 0.5) is 0 Å². The fourth-order valence-corrected chi connectivity index (χ4v) is 4.14. The van der Waals surface area contributed by atoms with Gasteiger partial charge >= 0.3 is 0 Å². The predicted octanol–water partition coefficient (Wildman–Crippen LogP) is 4.42. The first-order chi connectivity index (χ1) is 15.7. The zero-order valence-corrected chi connectivity index (χ0v) is 17.9. The molecule has 2 heterocycles. The van der Waals surface area contributed by atoms with E-state index in [1.165, 1.54) is 5.56 Å². The summed E-state index contributed by atoms with van der Waals surface area (Å²) in [6.07, 6.45) is 2.94. The lowest BCUT2D eigenvalue weighted by Gasteiger charge is -2.21. The van der Waals surface area contributed by atoms with Crippen molar-refractivity contribution < 1.29 is 9.53 Å². The second-order valence-corrected chi connectivity index (χ2v) is 7.94. The first kappa shape index (κ1) is 20.0. The molecule has 4 aromatic rings. The average Bonchev–Trinajstić information content (AvgIpc) is 3.24.